The zero-order valence-corrected chi connectivity index (χ0v) is 15.2. The Morgan fingerprint density at radius 2 is 2.15 bits per heavy atom. The molecule has 0 spiro atoms. The van der Waals surface area contributed by atoms with E-state index in [2.05, 4.69) is 15.0 Å². The Morgan fingerprint density at radius 1 is 1.41 bits per heavy atom. The van der Waals surface area contributed by atoms with Crippen molar-refractivity contribution >= 4 is 47.0 Å². The molecule has 0 radical (unpaired) electrons. The molecule has 3 amide bonds. The van der Waals surface area contributed by atoms with Crippen molar-refractivity contribution in [3.63, 3.8) is 0 Å². The van der Waals surface area contributed by atoms with Gasteiger partial charge in [-0.2, -0.15) is 0 Å². The van der Waals surface area contributed by atoms with Crippen LogP contribution in [0.25, 0.3) is 0 Å². The highest BCUT2D eigenvalue weighted by molar-refractivity contribution is 8.00. The van der Waals surface area contributed by atoms with E-state index < -0.39 is 35.3 Å². The minimum Gasteiger partial charge on any atom is -0.477 e. The van der Waals surface area contributed by atoms with E-state index in [1.165, 1.54) is 17.1 Å². The molecule has 5 N–H and O–H groups in total. The van der Waals surface area contributed by atoms with Crippen LogP contribution in [0.15, 0.2) is 21.4 Å². The van der Waals surface area contributed by atoms with Crippen LogP contribution >= 0.6 is 23.1 Å². The van der Waals surface area contributed by atoms with E-state index in [0.29, 0.717) is 5.69 Å². The lowest BCUT2D eigenvalue weighted by atomic mass is 10.0. The molecule has 0 aliphatic carbocycles. The average Bonchev–Trinajstić information content (AvgIpc) is 3.01. The molecule has 1 aromatic heterocycles. The van der Waals surface area contributed by atoms with E-state index in [4.69, 9.17) is 5.73 Å². The summed E-state index contributed by atoms with van der Waals surface area (Å²) < 4.78 is 4.63. The summed E-state index contributed by atoms with van der Waals surface area (Å²) in [5.41, 5.74) is 5.30. The van der Waals surface area contributed by atoms with Gasteiger partial charge < -0.3 is 25.9 Å². The summed E-state index contributed by atoms with van der Waals surface area (Å²) in [6.45, 7) is -0.330. The lowest BCUT2D eigenvalue weighted by molar-refractivity contribution is -0.150. The van der Waals surface area contributed by atoms with Gasteiger partial charge in [0.1, 0.15) is 23.7 Å². The first kappa shape index (κ1) is 19.0. The second kappa shape index (κ2) is 7.44. The molecular formula is C14H14N4O7S2. The number of nitrogens with zero attached hydrogens (tertiary/aromatic N) is 1. The maximum Gasteiger partial charge on any atom is 0.404 e. The Morgan fingerprint density at radius 3 is 2.74 bits per heavy atom. The Hall–Kier alpha value is -2.80. The van der Waals surface area contributed by atoms with Crippen molar-refractivity contribution in [1.29, 1.82) is 0 Å². The van der Waals surface area contributed by atoms with Gasteiger partial charge in [0.25, 0.3) is 5.91 Å². The first-order chi connectivity index (χ1) is 12.8. The number of amides is 3. The number of aromatic amines is 1. The summed E-state index contributed by atoms with van der Waals surface area (Å²) in [6, 6.07) is -0.874. The zero-order chi connectivity index (χ0) is 19.7. The number of aliphatic carboxylic acids is 1. The lowest BCUT2D eigenvalue weighted by Gasteiger charge is -2.49. The van der Waals surface area contributed by atoms with Gasteiger partial charge in [0.05, 0.1) is 6.42 Å². The average molecular weight is 414 g/mol. The molecule has 0 saturated carbocycles. The number of β-lactam (4-membered cyclic amide) rings is 1. The van der Waals surface area contributed by atoms with Gasteiger partial charge in [0, 0.05) is 22.4 Å². The van der Waals surface area contributed by atoms with E-state index >= 15 is 0 Å². The molecule has 2 atom stereocenters. The number of carboxylic acid groups (broad SMARTS) is 1. The third-order valence-corrected chi connectivity index (χ3v) is 5.93. The smallest absolute Gasteiger partial charge is 0.404 e. The quantitative estimate of drug-likeness (QED) is 0.421. The van der Waals surface area contributed by atoms with Crippen LogP contribution in [0.5, 0.6) is 0 Å². The van der Waals surface area contributed by atoms with E-state index in [9.17, 15) is 29.1 Å². The van der Waals surface area contributed by atoms with Gasteiger partial charge >= 0.3 is 16.9 Å². The summed E-state index contributed by atoms with van der Waals surface area (Å²) >= 11 is 2.17. The minimum absolute atomic E-state index is 0.0980. The number of thioether (sulfide) groups is 1. The number of hydrogen-bond acceptors (Lipinski definition) is 8. The predicted octanol–water partition coefficient (Wildman–Crippen LogP) is -1.19. The highest BCUT2D eigenvalue weighted by Crippen LogP contribution is 2.40. The van der Waals surface area contributed by atoms with Gasteiger partial charge in [-0.3, -0.25) is 19.3 Å². The van der Waals surface area contributed by atoms with E-state index in [-0.39, 0.29) is 34.9 Å². The molecule has 3 heterocycles. The Balaban J connectivity index is 1.69. The minimum atomic E-state index is -1.34. The molecule has 2 aliphatic heterocycles. The molecule has 0 bridgehead atoms. The highest BCUT2D eigenvalue weighted by Gasteiger charge is 2.54. The fourth-order valence-electron chi connectivity index (χ4n) is 2.75. The molecule has 1 aromatic rings. The largest absolute Gasteiger partial charge is 0.477 e. The summed E-state index contributed by atoms with van der Waals surface area (Å²) in [4.78, 5) is 61.2. The van der Waals surface area contributed by atoms with E-state index in [1.807, 2.05) is 0 Å². The topological polar surface area (TPSA) is 172 Å². The van der Waals surface area contributed by atoms with Crippen LogP contribution in [0.1, 0.15) is 5.69 Å². The third-order valence-electron chi connectivity index (χ3n) is 3.88. The monoisotopic (exact) mass is 414 g/mol. The Bertz CT molecular complexity index is 905. The Labute approximate surface area is 159 Å². The van der Waals surface area contributed by atoms with Gasteiger partial charge in [-0.25, -0.2) is 9.59 Å². The van der Waals surface area contributed by atoms with Crippen LogP contribution in [-0.2, 0) is 25.5 Å². The van der Waals surface area contributed by atoms with Gasteiger partial charge in [0.15, 0.2) is 0 Å². The standard InChI is InChI=1S/C14H14N4O7S2/c15-13(23)25-2-5-3-26-11-8(10(20)18(11)9(5)12(21)22)17-7(19)1-6-4-27-14(24)16-6/h4,8,11H,1-3H2,(H2,15,23)(H,16,24)(H,17,19)(H,21,22)/t8?,11-/m0/s1. The number of ether oxygens (including phenoxy) is 1. The Kier molecular flexibility index (Phi) is 5.23. The second-order valence-corrected chi connectivity index (χ2v) is 7.62. The summed E-state index contributed by atoms with van der Waals surface area (Å²) in [5.74, 6) is -2.18. The SMILES string of the molecule is NC(=O)OCC1=C(C(=O)O)N2C(=O)C(NC(=O)Cc3csc(=O)[nH]3)[C@@H]2SC1. The summed E-state index contributed by atoms with van der Waals surface area (Å²) in [6.07, 6.45) is -1.15. The number of carboxylic acids is 1. The van der Waals surface area contributed by atoms with Crippen LogP contribution in [0.4, 0.5) is 4.79 Å². The molecule has 1 saturated heterocycles. The third kappa shape index (κ3) is 3.83. The fourth-order valence-corrected chi connectivity index (χ4v) is 4.66. The molecule has 3 rings (SSSR count). The molecule has 144 valence electrons. The van der Waals surface area contributed by atoms with Crippen molar-refractivity contribution in [2.24, 2.45) is 5.73 Å². The summed E-state index contributed by atoms with van der Waals surface area (Å²) in [5, 5.41) is 12.9. The maximum absolute atomic E-state index is 12.4. The van der Waals surface area contributed by atoms with Crippen LogP contribution < -0.4 is 15.9 Å². The number of nitrogens with two attached hydrogens (primary N) is 1. The normalized spacial score (nSPS) is 21.3. The number of primary amides is 1. The van der Waals surface area contributed by atoms with Crippen molar-refractivity contribution in [3.8, 4) is 0 Å². The van der Waals surface area contributed by atoms with Crippen LogP contribution in [-0.4, -0.2) is 62.6 Å². The second-order valence-electron chi connectivity index (χ2n) is 5.67. The van der Waals surface area contributed by atoms with Gasteiger partial charge in [-0.1, -0.05) is 11.3 Å². The number of nitrogens with one attached hydrogen (secondary N) is 2. The number of carbonyl (C=O) groups excluding carboxylic acids is 3. The van der Waals surface area contributed by atoms with Crippen molar-refractivity contribution < 1.29 is 29.0 Å². The van der Waals surface area contributed by atoms with E-state index in [0.717, 1.165) is 16.2 Å². The number of rotatable bonds is 6. The molecule has 11 nitrogen and oxygen atoms in total. The maximum atomic E-state index is 12.4. The first-order valence-corrected chi connectivity index (χ1v) is 9.49. The van der Waals surface area contributed by atoms with Crippen molar-refractivity contribution in [2.75, 3.05) is 12.4 Å². The number of aromatic nitrogens is 1. The van der Waals surface area contributed by atoms with Gasteiger partial charge in [-0.15, -0.1) is 11.8 Å². The fraction of sp³-hybridized carbons (Fsp3) is 0.357. The number of H-pyrrole nitrogens is 1. The number of thiazole rings is 1. The molecular weight excluding hydrogens is 400 g/mol. The molecule has 13 heteroatoms. The first-order valence-electron chi connectivity index (χ1n) is 7.56. The van der Waals surface area contributed by atoms with Gasteiger partial charge in [-0.05, 0) is 0 Å². The lowest BCUT2D eigenvalue weighted by Crippen LogP contribution is -2.70. The van der Waals surface area contributed by atoms with Crippen molar-refractivity contribution in [1.82, 2.24) is 15.2 Å². The molecule has 1 fully saturated rings. The predicted molar refractivity (Wildman–Crippen MR) is 93.9 cm³/mol. The summed E-state index contributed by atoms with van der Waals surface area (Å²) in [7, 11) is 0. The molecule has 2 aliphatic rings. The highest BCUT2D eigenvalue weighted by atomic mass is 32.2. The van der Waals surface area contributed by atoms with Crippen LogP contribution in [0, 0.1) is 0 Å². The zero-order valence-electron chi connectivity index (χ0n) is 13.6. The van der Waals surface area contributed by atoms with Crippen molar-refractivity contribution in [3.05, 3.63) is 32.0 Å². The molecule has 27 heavy (non-hydrogen) atoms. The molecule has 1 unspecified atom stereocenters. The number of carbonyl (C=O) groups is 4. The van der Waals surface area contributed by atoms with Crippen molar-refractivity contribution in [2.45, 2.75) is 17.8 Å². The number of hydrogen-bond donors (Lipinski definition) is 4. The van der Waals surface area contributed by atoms with Crippen LogP contribution in [0.2, 0.25) is 0 Å². The number of fused-ring (bicyclic) bond motifs is 1. The molecule has 0 aromatic carbocycles. The van der Waals surface area contributed by atoms with Crippen LogP contribution in [0.3, 0.4) is 0 Å². The van der Waals surface area contributed by atoms with E-state index in [1.54, 1.807) is 0 Å². The van der Waals surface area contributed by atoms with Gasteiger partial charge in [0.2, 0.25) is 5.91 Å².